The molecule has 7 nitrogen and oxygen atoms in total. The molecule has 2 aliphatic rings. The topological polar surface area (TPSA) is 73.9 Å². The number of hydrogen-bond acceptors (Lipinski definition) is 4. The number of benzene rings is 2. The van der Waals surface area contributed by atoms with Crippen LogP contribution in [0.5, 0.6) is 5.75 Å². The Morgan fingerprint density at radius 2 is 1.93 bits per heavy atom. The third kappa shape index (κ3) is 4.17. The van der Waals surface area contributed by atoms with Gasteiger partial charge in [0.05, 0.1) is 5.69 Å². The van der Waals surface area contributed by atoms with Crippen LogP contribution in [0.15, 0.2) is 48.5 Å². The van der Waals surface area contributed by atoms with Crippen LogP contribution in [0.25, 0.3) is 0 Å². The Kier molecular flexibility index (Phi) is 5.10. The van der Waals surface area contributed by atoms with Gasteiger partial charge in [-0.15, -0.1) is 0 Å². The van der Waals surface area contributed by atoms with Crippen LogP contribution in [0.3, 0.4) is 0 Å². The van der Waals surface area contributed by atoms with Gasteiger partial charge < -0.3 is 15.0 Å². The lowest BCUT2D eigenvalue weighted by molar-refractivity contribution is -0.135. The van der Waals surface area contributed by atoms with Gasteiger partial charge in [0.1, 0.15) is 17.2 Å². The first-order valence-corrected chi connectivity index (χ1v) is 9.57. The highest BCUT2D eigenvalue weighted by Gasteiger charge is 2.45. The summed E-state index contributed by atoms with van der Waals surface area (Å²) in [6, 6.07) is 13.1. The van der Waals surface area contributed by atoms with Gasteiger partial charge in [-0.3, -0.25) is 4.79 Å². The number of hydrazine groups is 1. The molecule has 2 fully saturated rings. The normalized spacial score (nSPS) is 18.1. The quantitative estimate of drug-likeness (QED) is 0.830. The number of carbonyl (C=O) groups excluding carboxylic acids is 2. The predicted octanol–water partition coefficient (Wildman–Crippen LogP) is 2.57. The molecule has 8 heteroatoms. The van der Waals surface area contributed by atoms with Gasteiger partial charge in [-0.1, -0.05) is 18.2 Å². The fourth-order valence-electron chi connectivity index (χ4n) is 3.67. The molecule has 0 radical (unpaired) electrons. The Bertz CT molecular complexity index is 928. The first-order chi connectivity index (χ1) is 13.9. The molecule has 2 saturated heterocycles. The summed E-state index contributed by atoms with van der Waals surface area (Å²) in [5.41, 5.74) is 4.02. The van der Waals surface area contributed by atoms with E-state index in [0.717, 1.165) is 5.56 Å². The van der Waals surface area contributed by atoms with Crippen LogP contribution >= 0.6 is 0 Å². The second kappa shape index (κ2) is 7.71. The van der Waals surface area contributed by atoms with Gasteiger partial charge in [-0.25, -0.2) is 19.6 Å². The van der Waals surface area contributed by atoms with Gasteiger partial charge in [0.2, 0.25) is 0 Å². The molecular formula is C21H23FN4O3. The summed E-state index contributed by atoms with van der Waals surface area (Å²) in [7, 11) is 0. The van der Waals surface area contributed by atoms with E-state index in [4.69, 9.17) is 4.74 Å². The van der Waals surface area contributed by atoms with E-state index >= 15 is 0 Å². The zero-order valence-corrected chi connectivity index (χ0v) is 16.2. The van der Waals surface area contributed by atoms with Crippen molar-refractivity contribution >= 4 is 17.6 Å². The number of rotatable bonds is 4. The van der Waals surface area contributed by atoms with Crippen molar-refractivity contribution in [1.29, 1.82) is 0 Å². The average Bonchev–Trinajstić information content (AvgIpc) is 3.02. The second-order valence-corrected chi connectivity index (χ2v) is 7.43. The zero-order chi connectivity index (χ0) is 20.4. The molecule has 2 aliphatic heterocycles. The first-order valence-electron chi connectivity index (χ1n) is 9.57. The third-order valence-electron chi connectivity index (χ3n) is 5.26. The number of hydrogen-bond donors (Lipinski definition) is 2. The van der Waals surface area contributed by atoms with Crippen LogP contribution in [0, 0.1) is 12.7 Å². The van der Waals surface area contributed by atoms with E-state index in [-0.39, 0.29) is 18.5 Å². The van der Waals surface area contributed by atoms with Gasteiger partial charge in [-0.05, 0) is 42.8 Å². The monoisotopic (exact) mass is 398 g/mol. The summed E-state index contributed by atoms with van der Waals surface area (Å²) in [6.07, 6.45) is 1.08. The molecular weight excluding hydrogens is 375 g/mol. The molecule has 3 amide bonds. The molecule has 4 rings (SSSR count). The Labute approximate surface area is 168 Å². The minimum atomic E-state index is -0.641. The number of likely N-dealkylation sites (tertiary alicyclic amines) is 1. The highest BCUT2D eigenvalue weighted by Crippen LogP contribution is 2.27. The van der Waals surface area contributed by atoms with Crippen LogP contribution in [0.4, 0.5) is 14.9 Å². The van der Waals surface area contributed by atoms with E-state index in [1.54, 1.807) is 17.0 Å². The number of halogens is 1. The van der Waals surface area contributed by atoms with Crippen molar-refractivity contribution in [2.75, 3.05) is 24.7 Å². The highest BCUT2D eigenvalue weighted by atomic mass is 19.1. The molecule has 2 heterocycles. The number of anilines is 1. The molecule has 0 aromatic heterocycles. The molecule has 0 bridgehead atoms. The van der Waals surface area contributed by atoms with E-state index in [1.807, 2.05) is 31.2 Å². The van der Waals surface area contributed by atoms with Crippen molar-refractivity contribution in [2.45, 2.75) is 25.4 Å². The standard InChI is InChI=1S/C21H23FN4O3/c1-15-4-2-7-18(12-15)29-14-19(27)25-10-8-21(9-11-25)23-20(28)26(24-21)17-6-3-5-16(22)13-17/h2-7,12-13,24H,8-11,14H2,1H3,(H,23,28). The number of nitrogens with one attached hydrogen (secondary N) is 2. The summed E-state index contributed by atoms with van der Waals surface area (Å²) < 4.78 is 19.1. The number of ether oxygens (including phenoxy) is 1. The fraction of sp³-hybridized carbons (Fsp3) is 0.333. The minimum absolute atomic E-state index is 0.0222. The van der Waals surface area contributed by atoms with E-state index in [1.165, 1.54) is 17.1 Å². The summed E-state index contributed by atoms with van der Waals surface area (Å²) in [5.74, 6) is 0.169. The smallest absolute Gasteiger partial charge is 0.338 e. The van der Waals surface area contributed by atoms with Crippen LogP contribution in [-0.2, 0) is 4.79 Å². The molecule has 0 aliphatic carbocycles. The Morgan fingerprint density at radius 1 is 1.17 bits per heavy atom. The molecule has 152 valence electrons. The minimum Gasteiger partial charge on any atom is -0.484 e. The van der Waals surface area contributed by atoms with E-state index in [2.05, 4.69) is 10.7 Å². The summed E-state index contributed by atoms with van der Waals surface area (Å²) >= 11 is 0. The van der Waals surface area contributed by atoms with Crippen molar-refractivity contribution < 1.29 is 18.7 Å². The van der Waals surface area contributed by atoms with E-state index in [9.17, 15) is 14.0 Å². The lowest BCUT2D eigenvalue weighted by Crippen LogP contribution is -2.59. The van der Waals surface area contributed by atoms with Gasteiger partial charge in [-0.2, -0.15) is 0 Å². The number of carbonyl (C=O) groups is 2. The summed E-state index contributed by atoms with van der Waals surface area (Å²) in [4.78, 5) is 26.6. The van der Waals surface area contributed by atoms with Crippen molar-refractivity contribution in [1.82, 2.24) is 15.6 Å². The molecule has 1 spiro atoms. The van der Waals surface area contributed by atoms with Gasteiger partial charge in [0.25, 0.3) is 5.91 Å². The van der Waals surface area contributed by atoms with E-state index in [0.29, 0.717) is 37.4 Å². The Hall–Kier alpha value is -3.13. The van der Waals surface area contributed by atoms with Crippen LogP contribution in [-0.4, -0.2) is 42.2 Å². The maximum Gasteiger partial charge on any atom is 0.338 e. The third-order valence-corrected chi connectivity index (χ3v) is 5.26. The number of piperidine rings is 1. The molecule has 2 N–H and O–H groups in total. The Morgan fingerprint density at radius 3 is 2.66 bits per heavy atom. The molecule has 0 atom stereocenters. The second-order valence-electron chi connectivity index (χ2n) is 7.43. The van der Waals surface area contributed by atoms with Crippen molar-refractivity contribution in [3.05, 3.63) is 59.9 Å². The van der Waals surface area contributed by atoms with Crippen molar-refractivity contribution in [2.24, 2.45) is 0 Å². The molecule has 2 aromatic rings. The average molecular weight is 398 g/mol. The molecule has 29 heavy (non-hydrogen) atoms. The van der Waals surface area contributed by atoms with Crippen LogP contribution in [0.1, 0.15) is 18.4 Å². The molecule has 0 unspecified atom stereocenters. The number of urea groups is 1. The Balaban J connectivity index is 1.33. The van der Waals surface area contributed by atoms with Gasteiger partial charge >= 0.3 is 6.03 Å². The number of aryl methyl sites for hydroxylation is 1. The lowest BCUT2D eigenvalue weighted by atomic mass is 9.98. The highest BCUT2D eigenvalue weighted by molar-refractivity contribution is 5.93. The number of nitrogens with zero attached hydrogens (tertiary/aromatic N) is 2. The van der Waals surface area contributed by atoms with Crippen LogP contribution in [0.2, 0.25) is 0 Å². The lowest BCUT2D eigenvalue weighted by Gasteiger charge is -2.38. The fourth-order valence-corrected chi connectivity index (χ4v) is 3.67. The summed E-state index contributed by atoms with van der Waals surface area (Å²) in [5, 5.41) is 4.27. The SMILES string of the molecule is Cc1cccc(OCC(=O)N2CCC3(CC2)NC(=O)N(c2cccc(F)c2)N3)c1. The molecule has 0 saturated carbocycles. The summed E-state index contributed by atoms with van der Waals surface area (Å²) in [6.45, 7) is 2.92. The van der Waals surface area contributed by atoms with Crippen molar-refractivity contribution in [3.63, 3.8) is 0 Å². The first kappa shape index (κ1) is 19.2. The van der Waals surface area contributed by atoms with Crippen LogP contribution < -0.4 is 20.5 Å². The maximum absolute atomic E-state index is 13.5. The number of amides is 3. The maximum atomic E-state index is 13.5. The largest absolute Gasteiger partial charge is 0.484 e. The molecule has 2 aromatic carbocycles. The van der Waals surface area contributed by atoms with Gasteiger partial charge in [0, 0.05) is 25.9 Å². The zero-order valence-electron chi connectivity index (χ0n) is 16.2. The van der Waals surface area contributed by atoms with Crippen molar-refractivity contribution in [3.8, 4) is 5.75 Å². The predicted molar refractivity (Wildman–Crippen MR) is 106 cm³/mol. The van der Waals surface area contributed by atoms with E-state index < -0.39 is 11.5 Å². The van der Waals surface area contributed by atoms with Gasteiger partial charge in [0.15, 0.2) is 6.61 Å².